The van der Waals surface area contributed by atoms with Crippen LogP contribution < -0.4 is 4.90 Å². The van der Waals surface area contributed by atoms with Gasteiger partial charge in [0.2, 0.25) is 5.78 Å². The molecule has 1 amide bonds. The number of hydrogen-bond acceptors (Lipinski definition) is 6. The number of rotatable bonds is 6. The highest BCUT2D eigenvalue weighted by Crippen LogP contribution is 2.36. The lowest BCUT2D eigenvalue weighted by Gasteiger charge is -2.28. The van der Waals surface area contributed by atoms with Gasteiger partial charge in [0.1, 0.15) is 11.7 Å². The molecule has 0 spiro atoms. The Labute approximate surface area is 196 Å². The molecule has 1 heterocycles. The number of benzene rings is 2. The normalized spacial score (nSPS) is 19.7. The summed E-state index contributed by atoms with van der Waals surface area (Å²) in [7, 11) is 0. The van der Waals surface area contributed by atoms with Crippen molar-refractivity contribution in [3.63, 3.8) is 0 Å². The molecule has 0 radical (unpaired) electrons. The molecule has 1 aliphatic carbocycles. The van der Waals surface area contributed by atoms with Gasteiger partial charge in [-0.2, -0.15) is 0 Å². The van der Waals surface area contributed by atoms with E-state index in [-0.39, 0.29) is 17.9 Å². The topological polar surface area (TPSA) is 101 Å². The summed E-state index contributed by atoms with van der Waals surface area (Å²) in [5, 5.41) is 9.57. The second-order valence-corrected chi connectivity index (χ2v) is 7.87. The van der Waals surface area contributed by atoms with Crippen molar-refractivity contribution in [3.05, 3.63) is 95.6 Å². The average molecular weight is 457 g/mol. The highest BCUT2D eigenvalue weighted by molar-refractivity contribution is 6.49. The Kier molecular flexibility index (Phi) is 6.54. The first-order chi connectivity index (χ1) is 16.4. The third kappa shape index (κ3) is 4.32. The maximum absolute atomic E-state index is 13.4. The Morgan fingerprint density at radius 2 is 1.68 bits per heavy atom. The first-order valence-electron chi connectivity index (χ1n) is 10.9. The number of carbonyl (C=O) groups excluding carboxylic acids is 4. The molecule has 7 nitrogen and oxygen atoms in total. The number of phenols is 1. The number of esters is 1. The molecule has 1 aliphatic heterocycles. The van der Waals surface area contributed by atoms with Crippen LogP contribution in [0.5, 0.6) is 5.75 Å². The highest BCUT2D eigenvalue weighted by Gasteiger charge is 2.52. The Balaban J connectivity index is 1.78. The maximum atomic E-state index is 13.4. The van der Waals surface area contributed by atoms with Crippen molar-refractivity contribution in [1.29, 1.82) is 0 Å². The van der Waals surface area contributed by atoms with Gasteiger partial charge >= 0.3 is 5.97 Å². The molecule has 1 fully saturated rings. The van der Waals surface area contributed by atoms with Crippen molar-refractivity contribution in [2.24, 2.45) is 5.92 Å². The number of nitrogens with zero attached hydrogens (tertiary/aromatic N) is 1. The second kappa shape index (κ2) is 9.70. The predicted molar refractivity (Wildman–Crippen MR) is 126 cm³/mol. The third-order valence-corrected chi connectivity index (χ3v) is 5.75. The van der Waals surface area contributed by atoms with Crippen molar-refractivity contribution in [1.82, 2.24) is 0 Å². The van der Waals surface area contributed by atoms with Gasteiger partial charge in [-0.3, -0.25) is 19.3 Å². The first-order valence-corrected chi connectivity index (χ1v) is 10.9. The number of allylic oxidation sites excluding steroid dienone is 4. The first kappa shape index (κ1) is 22.9. The van der Waals surface area contributed by atoms with Crippen molar-refractivity contribution in [3.8, 4) is 5.75 Å². The van der Waals surface area contributed by atoms with E-state index in [4.69, 9.17) is 4.74 Å². The van der Waals surface area contributed by atoms with E-state index in [9.17, 15) is 24.3 Å². The molecule has 2 aromatic carbocycles. The van der Waals surface area contributed by atoms with Crippen LogP contribution in [0.2, 0.25) is 0 Å². The zero-order valence-electron chi connectivity index (χ0n) is 18.5. The van der Waals surface area contributed by atoms with E-state index in [1.54, 1.807) is 25.1 Å². The summed E-state index contributed by atoms with van der Waals surface area (Å²) in [5.74, 6) is -3.87. The predicted octanol–water partition coefficient (Wildman–Crippen LogP) is 3.79. The van der Waals surface area contributed by atoms with Crippen LogP contribution >= 0.6 is 0 Å². The molecular weight excluding hydrogens is 434 g/mol. The quantitative estimate of drug-likeness (QED) is 0.307. The van der Waals surface area contributed by atoms with Crippen LogP contribution in [-0.2, 0) is 14.3 Å². The van der Waals surface area contributed by atoms with Crippen LogP contribution in [0, 0.1) is 5.92 Å². The molecule has 0 aromatic heterocycles. The van der Waals surface area contributed by atoms with Gasteiger partial charge < -0.3 is 9.84 Å². The Bertz CT molecular complexity index is 1220. The number of amides is 1. The van der Waals surface area contributed by atoms with Crippen LogP contribution in [0.4, 0.5) is 5.69 Å². The smallest absolute Gasteiger partial charge is 0.338 e. The molecule has 0 saturated carbocycles. The SMILES string of the molecule is CCOC(=O)c1ccc(N2C(=O)C(=O)C(C(=O)c3ccc(O)cc3)C2C2=CC=CCC=C2)cc1. The van der Waals surface area contributed by atoms with E-state index in [1.165, 1.54) is 41.3 Å². The molecule has 0 bridgehead atoms. The summed E-state index contributed by atoms with van der Waals surface area (Å²) in [6, 6.07) is 10.9. The van der Waals surface area contributed by atoms with E-state index in [1.807, 2.05) is 24.3 Å². The molecule has 1 saturated heterocycles. The van der Waals surface area contributed by atoms with Gasteiger partial charge in [0, 0.05) is 11.3 Å². The summed E-state index contributed by atoms with van der Waals surface area (Å²) >= 11 is 0. The van der Waals surface area contributed by atoms with Crippen molar-refractivity contribution in [2.45, 2.75) is 19.4 Å². The van der Waals surface area contributed by atoms with Gasteiger partial charge in [0.15, 0.2) is 5.78 Å². The van der Waals surface area contributed by atoms with Crippen LogP contribution in [0.1, 0.15) is 34.1 Å². The lowest BCUT2D eigenvalue weighted by Crippen LogP contribution is -2.38. The molecule has 2 aromatic rings. The molecular formula is C27H23NO6. The highest BCUT2D eigenvalue weighted by atomic mass is 16.5. The number of ether oxygens (including phenoxy) is 1. The van der Waals surface area contributed by atoms with Crippen molar-refractivity contribution in [2.75, 3.05) is 11.5 Å². The van der Waals surface area contributed by atoms with Crippen LogP contribution in [0.25, 0.3) is 0 Å². The molecule has 4 rings (SSSR count). The fourth-order valence-electron chi connectivity index (χ4n) is 4.12. The second-order valence-electron chi connectivity index (χ2n) is 7.87. The van der Waals surface area contributed by atoms with Crippen molar-refractivity contribution >= 4 is 29.1 Å². The van der Waals surface area contributed by atoms with Gasteiger partial charge in [-0.1, -0.05) is 30.4 Å². The molecule has 7 heteroatoms. The zero-order chi connectivity index (χ0) is 24.2. The summed E-state index contributed by atoms with van der Waals surface area (Å²) in [5.41, 5.74) is 1.56. The van der Waals surface area contributed by atoms with Crippen LogP contribution in [-0.4, -0.2) is 41.2 Å². The van der Waals surface area contributed by atoms with Gasteiger partial charge in [0.25, 0.3) is 5.91 Å². The van der Waals surface area contributed by atoms with E-state index in [2.05, 4.69) is 0 Å². The maximum Gasteiger partial charge on any atom is 0.338 e. The minimum absolute atomic E-state index is 0.00946. The number of Topliss-reactive ketones (excluding diaryl/α,β-unsaturated/α-hetero) is 2. The largest absolute Gasteiger partial charge is 0.508 e. The van der Waals surface area contributed by atoms with Gasteiger partial charge in [-0.25, -0.2) is 4.79 Å². The lowest BCUT2D eigenvalue weighted by atomic mass is 9.85. The van der Waals surface area contributed by atoms with E-state index in [0.29, 0.717) is 23.2 Å². The number of phenolic OH excluding ortho intramolecular Hbond substituents is 1. The molecule has 1 N–H and O–H groups in total. The van der Waals surface area contributed by atoms with Gasteiger partial charge in [-0.15, -0.1) is 0 Å². The fourth-order valence-corrected chi connectivity index (χ4v) is 4.12. The number of ketones is 2. The summed E-state index contributed by atoms with van der Waals surface area (Å²) in [4.78, 5) is 53.1. The molecule has 172 valence electrons. The fraction of sp³-hybridized carbons (Fsp3) is 0.185. The molecule has 2 unspecified atom stereocenters. The van der Waals surface area contributed by atoms with Gasteiger partial charge in [-0.05, 0) is 67.4 Å². The third-order valence-electron chi connectivity index (χ3n) is 5.75. The van der Waals surface area contributed by atoms with E-state index in [0.717, 1.165) is 0 Å². The standard InChI is InChI=1S/C27H23NO6/c1-2-34-27(33)19-9-13-20(14-10-19)28-23(17-7-5-3-4-6-8-17)22(25(31)26(28)32)24(30)18-11-15-21(29)16-12-18/h3,5-16,22-23,29H,2,4H2,1H3. The molecule has 2 aliphatic rings. The number of aromatic hydroxyl groups is 1. The minimum Gasteiger partial charge on any atom is -0.508 e. The zero-order valence-corrected chi connectivity index (χ0v) is 18.5. The number of carbonyl (C=O) groups is 4. The Morgan fingerprint density at radius 1 is 1.00 bits per heavy atom. The Morgan fingerprint density at radius 3 is 2.35 bits per heavy atom. The minimum atomic E-state index is -1.26. The Hall–Kier alpha value is -4.26. The van der Waals surface area contributed by atoms with E-state index < -0.39 is 35.4 Å². The monoisotopic (exact) mass is 457 g/mol. The van der Waals surface area contributed by atoms with Crippen LogP contribution in [0.3, 0.4) is 0 Å². The number of anilines is 1. The average Bonchev–Trinajstić information content (AvgIpc) is 3.01. The summed E-state index contributed by atoms with van der Waals surface area (Å²) in [6.45, 7) is 1.94. The van der Waals surface area contributed by atoms with Crippen molar-refractivity contribution < 1.29 is 29.0 Å². The van der Waals surface area contributed by atoms with Crippen LogP contribution in [0.15, 0.2) is 84.5 Å². The molecule has 2 atom stereocenters. The van der Waals surface area contributed by atoms with Gasteiger partial charge in [0.05, 0.1) is 18.2 Å². The lowest BCUT2D eigenvalue weighted by molar-refractivity contribution is -0.135. The number of hydrogen-bond donors (Lipinski definition) is 1. The van der Waals surface area contributed by atoms with E-state index >= 15 is 0 Å². The summed E-state index contributed by atoms with van der Waals surface area (Å²) < 4.78 is 5.01. The summed E-state index contributed by atoms with van der Waals surface area (Å²) in [6.07, 6.45) is 9.93. The molecule has 34 heavy (non-hydrogen) atoms.